The lowest BCUT2D eigenvalue weighted by Gasteiger charge is -2.36. The predicted octanol–water partition coefficient (Wildman–Crippen LogP) is 2.31. The molecule has 0 heterocycles. The summed E-state index contributed by atoms with van der Waals surface area (Å²) >= 11 is 0. The highest BCUT2D eigenvalue weighted by molar-refractivity contribution is 5.30. The summed E-state index contributed by atoms with van der Waals surface area (Å²) in [6, 6.07) is 8.24. The second kappa shape index (κ2) is 5.43. The van der Waals surface area contributed by atoms with Crippen molar-refractivity contribution in [2.75, 3.05) is 7.11 Å². The minimum atomic E-state index is -0.291. The molecule has 0 aromatic heterocycles. The normalized spacial score (nSPS) is 16.8. The molecule has 0 spiro atoms. The van der Waals surface area contributed by atoms with Gasteiger partial charge in [0.25, 0.3) is 0 Å². The van der Waals surface area contributed by atoms with Crippen molar-refractivity contribution in [3.05, 3.63) is 35.4 Å². The van der Waals surface area contributed by atoms with Crippen LogP contribution >= 0.6 is 0 Å². The highest BCUT2D eigenvalue weighted by Crippen LogP contribution is 2.32. The maximum atomic E-state index is 5.68. The molecule has 0 saturated heterocycles. The van der Waals surface area contributed by atoms with Crippen molar-refractivity contribution < 1.29 is 4.74 Å². The fourth-order valence-corrected chi connectivity index (χ4v) is 1.97. The molecule has 3 N–H and O–H groups in total. The molecular formula is C13H22N2O. The molecule has 0 saturated carbocycles. The Morgan fingerprint density at radius 2 is 2.06 bits per heavy atom. The maximum absolute atomic E-state index is 5.68. The van der Waals surface area contributed by atoms with Crippen LogP contribution in [0, 0.1) is 6.92 Å². The molecule has 0 aliphatic carbocycles. The molecule has 2 atom stereocenters. The van der Waals surface area contributed by atoms with E-state index in [0.717, 1.165) is 6.42 Å². The molecule has 1 aromatic carbocycles. The lowest BCUT2D eigenvalue weighted by Crippen LogP contribution is -2.45. The second-order valence-electron chi connectivity index (χ2n) is 4.33. The number of nitrogens with one attached hydrogen (secondary N) is 1. The van der Waals surface area contributed by atoms with E-state index in [4.69, 9.17) is 10.6 Å². The predicted molar refractivity (Wildman–Crippen MR) is 66.9 cm³/mol. The Bertz CT molecular complexity index is 334. The van der Waals surface area contributed by atoms with E-state index in [1.165, 1.54) is 11.1 Å². The summed E-state index contributed by atoms with van der Waals surface area (Å²) in [4.78, 5) is 0. The third kappa shape index (κ3) is 2.43. The first-order chi connectivity index (χ1) is 7.59. The molecule has 3 nitrogen and oxygen atoms in total. The molecule has 16 heavy (non-hydrogen) atoms. The molecule has 1 rings (SSSR count). The van der Waals surface area contributed by atoms with Crippen LogP contribution in [0.4, 0.5) is 0 Å². The van der Waals surface area contributed by atoms with Gasteiger partial charge < -0.3 is 4.74 Å². The molecule has 3 heteroatoms. The Labute approximate surface area is 98.0 Å². The minimum Gasteiger partial charge on any atom is -0.376 e. The van der Waals surface area contributed by atoms with Gasteiger partial charge in [0.15, 0.2) is 0 Å². The van der Waals surface area contributed by atoms with Crippen molar-refractivity contribution >= 4 is 0 Å². The van der Waals surface area contributed by atoms with Gasteiger partial charge in [-0.1, -0.05) is 31.2 Å². The van der Waals surface area contributed by atoms with Crippen LogP contribution in [-0.2, 0) is 4.74 Å². The minimum absolute atomic E-state index is 0.00343. The van der Waals surface area contributed by atoms with Crippen molar-refractivity contribution in [2.24, 2.45) is 5.84 Å². The zero-order valence-electron chi connectivity index (χ0n) is 10.6. The molecule has 2 unspecified atom stereocenters. The van der Waals surface area contributed by atoms with Crippen LogP contribution in [0.1, 0.15) is 37.4 Å². The number of rotatable bonds is 5. The van der Waals surface area contributed by atoms with Gasteiger partial charge in [-0.15, -0.1) is 0 Å². The first-order valence-corrected chi connectivity index (χ1v) is 5.66. The van der Waals surface area contributed by atoms with Crippen molar-refractivity contribution in [3.63, 3.8) is 0 Å². The lowest BCUT2D eigenvalue weighted by atomic mass is 9.86. The summed E-state index contributed by atoms with van der Waals surface area (Å²) in [7, 11) is 1.73. The standard InChI is InChI=1S/C13H22N2O/c1-5-13(3,16-4)12(15-14)11-9-7-6-8-10(11)2/h6-9,12,15H,5,14H2,1-4H3. The van der Waals surface area contributed by atoms with Crippen LogP contribution in [0.3, 0.4) is 0 Å². The molecule has 0 bridgehead atoms. The highest BCUT2D eigenvalue weighted by atomic mass is 16.5. The van der Waals surface area contributed by atoms with E-state index in [0.29, 0.717) is 0 Å². The van der Waals surface area contributed by atoms with E-state index >= 15 is 0 Å². The Kier molecular flexibility index (Phi) is 4.47. The largest absolute Gasteiger partial charge is 0.376 e. The molecule has 0 radical (unpaired) electrons. The van der Waals surface area contributed by atoms with Crippen molar-refractivity contribution in [3.8, 4) is 0 Å². The molecule has 0 aliphatic heterocycles. The van der Waals surface area contributed by atoms with Crippen LogP contribution in [-0.4, -0.2) is 12.7 Å². The molecular weight excluding hydrogens is 200 g/mol. The summed E-state index contributed by atoms with van der Waals surface area (Å²) in [5, 5.41) is 0. The molecule has 0 amide bonds. The van der Waals surface area contributed by atoms with Crippen molar-refractivity contribution in [2.45, 2.75) is 38.8 Å². The quantitative estimate of drug-likeness (QED) is 0.593. The maximum Gasteiger partial charge on any atom is 0.0854 e. The summed E-state index contributed by atoms with van der Waals surface area (Å²) in [5.41, 5.74) is 5.00. The third-order valence-corrected chi connectivity index (χ3v) is 3.45. The Morgan fingerprint density at radius 1 is 1.44 bits per heavy atom. The summed E-state index contributed by atoms with van der Waals surface area (Å²) < 4.78 is 5.61. The van der Waals surface area contributed by atoms with Gasteiger partial charge in [0.1, 0.15) is 0 Å². The number of methoxy groups -OCH3 is 1. The number of hydrogen-bond donors (Lipinski definition) is 2. The van der Waals surface area contributed by atoms with E-state index in [1.54, 1.807) is 7.11 Å². The molecule has 90 valence electrons. The van der Waals surface area contributed by atoms with Gasteiger partial charge >= 0.3 is 0 Å². The fourth-order valence-electron chi connectivity index (χ4n) is 1.97. The van der Waals surface area contributed by atoms with Crippen LogP contribution < -0.4 is 11.3 Å². The molecule has 0 fully saturated rings. The number of hydrogen-bond acceptors (Lipinski definition) is 3. The van der Waals surface area contributed by atoms with Gasteiger partial charge in [0.05, 0.1) is 11.6 Å². The number of nitrogens with two attached hydrogens (primary N) is 1. The van der Waals surface area contributed by atoms with Crippen molar-refractivity contribution in [1.29, 1.82) is 0 Å². The van der Waals surface area contributed by atoms with Gasteiger partial charge in [0.2, 0.25) is 0 Å². The topological polar surface area (TPSA) is 47.3 Å². The van der Waals surface area contributed by atoms with Gasteiger partial charge in [-0.2, -0.15) is 0 Å². The van der Waals surface area contributed by atoms with E-state index in [9.17, 15) is 0 Å². The van der Waals surface area contributed by atoms with Crippen LogP contribution in [0.2, 0.25) is 0 Å². The summed E-state index contributed by atoms with van der Waals surface area (Å²) in [6.07, 6.45) is 0.896. The fraction of sp³-hybridized carbons (Fsp3) is 0.538. The zero-order valence-corrected chi connectivity index (χ0v) is 10.6. The van der Waals surface area contributed by atoms with Gasteiger partial charge in [-0.25, -0.2) is 0 Å². The Balaban J connectivity index is 3.12. The van der Waals surface area contributed by atoms with Gasteiger partial charge in [-0.3, -0.25) is 11.3 Å². The first kappa shape index (κ1) is 13.2. The monoisotopic (exact) mass is 222 g/mol. The van der Waals surface area contributed by atoms with E-state index in [2.05, 4.69) is 38.3 Å². The van der Waals surface area contributed by atoms with Gasteiger partial charge in [0, 0.05) is 7.11 Å². The number of ether oxygens (including phenoxy) is 1. The van der Waals surface area contributed by atoms with Crippen LogP contribution in [0.15, 0.2) is 24.3 Å². The average Bonchev–Trinajstić information content (AvgIpc) is 2.32. The molecule has 1 aromatic rings. The average molecular weight is 222 g/mol. The smallest absolute Gasteiger partial charge is 0.0854 e. The number of hydrazine groups is 1. The Hall–Kier alpha value is -0.900. The Morgan fingerprint density at radius 3 is 2.50 bits per heavy atom. The highest BCUT2D eigenvalue weighted by Gasteiger charge is 2.33. The summed E-state index contributed by atoms with van der Waals surface area (Å²) in [5.74, 6) is 5.68. The first-order valence-electron chi connectivity index (χ1n) is 5.66. The molecule has 0 aliphatic rings. The second-order valence-corrected chi connectivity index (χ2v) is 4.33. The SMILES string of the molecule is CCC(C)(OC)C(NN)c1ccccc1C. The van der Waals surface area contributed by atoms with E-state index in [1.807, 2.05) is 12.1 Å². The van der Waals surface area contributed by atoms with Gasteiger partial charge in [-0.05, 0) is 31.4 Å². The summed E-state index contributed by atoms with van der Waals surface area (Å²) in [6.45, 7) is 6.27. The van der Waals surface area contributed by atoms with Crippen LogP contribution in [0.5, 0.6) is 0 Å². The van der Waals surface area contributed by atoms with E-state index < -0.39 is 0 Å². The van der Waals surface area contributed by atoms with Crippen LogP contribution in [0.25, 0.3) is 0 Å². The lowest BCUT2D eigenvalue weighted by molar-refractivity contribution is -0.0302. The zero-order chi connectivity index (χ0) is 12.2. The third-order valence-electron chi connectivity index (χ3n) is 3.45. The van der Waals surface area contributed by atoms with Crippen molar-refractivity contribution in [1.82, 2.24) is 5.43 Å². The number of benzene rings is 1. The van der Waals surface area contributed by atoms with E-state index in [-0.39, 0.29) is 11.6 Å². The number of aryl methyl sites for hydroxylation is 1.